The molecule has 0 fully saturated rings. The van der Waals surface area contributed by atoms with Crippen LogP contribution in [-0.4, -0.2) is 36.4 Å². The molecular formula is C25H36N2O3. The Morgan fingerprint density at radius 3 is 2.37 bits per heavy atom. The van der Waals surface area contributed by atoms with E-state index in [9.17, 15) is 0 Å². The highest BCUT2D eigenvalue weighted by molar-refractivity contribution is 5.56. The molecule has 0 N–H and O–H groups in total. The third-order valence-corrected chi connectivity index (χ3v) is 4.60. The lowest BCUT2D eigenvalue weighted by Gasteiger charge is -2.08. The maximum atomic E-state index is 5.80. The van der Waals surface area contributed by atoms with Crippen LogP contribution in [0.5, 0.6) is 11.6 Å². The molecule has 0 saturated carbocycles. The van der Waals surface area contributed by atoms with Crippen molar-refractivity contribution in [3.05, 3.63) is 49.2 Å². The number of nitrogens with zero attached hydrogens (tertiary/aromatic N) is 2. The average molecular weight is 413 g/mol. The lowest BCUT2D eigenvalue weighted by atomic mass is 10.1. The first-order valence-electron chi connectivity index (χ1n) is 11.2. The van der Waals surface area contributed by atoms with Crippen LogP contribution in [0.4, 0.5) is 0 Å². The van der Waals surface area contributed by atoms with E-state index in [4.69, 9.17) is 14.2 Å². The smallest absolute Gasteiger partial charge is 0.216 e. The summed E-state index contributed by atoms with van der Waals surface area (Å²) in [5.41, 5.74) is 0.949. The molecule has 1 heterocycles. The molecule has 0 unspecified atom stereocenters. The summed E-state index contributed by atoms with van der Waals surface area (Å²) in [4.78, 5) is 8.90. The van der Waals surface area contributed by atoms with Crippen molar-refractivity contribution in [3.8, 4) is 23.0 Å². The fraction of sp³-hybridized carbons (Fsp3) is 0.520. The second-order valence-corrected chi connectivity index (χ2v) is 7.25. The van der Waals surface area contributed by atoms with Gasteiger partial charge < -0.3 is 14.2 Å². The molecule has 164 valence electrons. The number of aromatic nitrogens is 2. The fourth-order valence-corrected chi connectivity index (χ4v) is 2.93. The molecule has 5 nitrogen and oxygen atoms in total. The van der Waals surface area contributed by atoms with Crippen LogP contribution >= 0.6 is 0 Å². The maximum Gasteiger partial charge on any atom is 0.216 e. The number of allylic oxidation sites excluding steroid dienone is 1. The van der Waals surface area contributed by atoms with Gasteiger partial charge in [-0.15, -0.1) is 6.58 Å². The summed E-state index contributed by atoms with van der Waals surface area (Å²) in [7, 11) is 0. The summed E-state index contributed by atoms with van der Waals surface area (Å²) in [6.45, 7) is 8.90. The Morgan fingerprint density at radius 2 is 1.57 bits per heavy atom. The zero-order valence-corrected chi connectivity index (χ0v) is 18.4. The minimum atomic E-state index is 0.622. The van der Waals surface area contributed by atoms with Gasteiger partial charge in [0, 0.05) is 31.0 Å². The van der Waals surface area contributed by atoms with E-state index < -0.39 is 0 Å². The molecule has 2 aromatic rings. The Bertz CT molecular complexity index is 704. The number of hydrogen-bond donors (Lipinski definition) is 0. The van der Waals surface area contributed by atoms with Crippen molar-refractivity contribution in [3.63, 3.8) is 0 Å². The van der Waals surface area contributed by atoms with Gasteiger partial charge in [-0.1, -0.05) is 25.8 Å². The van der Waals surface area contributed by atoms with Crippen LogP contribution < -0.4 is 9.47 Å². The second kappa shape index (κ2) is 15.4. The molecule has 0 aliphatic heterocycles. The number of rotatable bonds is 17. The Hall–Kier alpha value is -2.40. The lowest BCUT2D eigenvalue weighted by molar-refractivity contribution is 0.127. The fourth-order valence-electron chi connectivity index (χ4n) is 2.93. The van der Waals surface area contributed by atoms with Crippen LogP contribution in [0.25, 0.3) is 11.4 Å². The van der Waals surface area contributed by atoms with Crippen LogP contribution in [0.15, 0.2) is 49.2 Å². The van der Waals surface area contributed by atoms with E-state index in [2.05, 4.69) is 23.5 Å². The first-order valence-corrected chi connectivity index (χ1v) is 11.2. The highest BCUT2D eigenvalue weighted by atomic mass is 16.5. The third-order valence-electron chi connectivity index (χ3n) is 4.60. The standard InChI is InChI=1S/C25H36N2O3/c1-3-5-6-7-8-9-21-30-24-16-17-26-25(27-24)22-12-14-23(15-13-22)29-20-11-10-19-28-18-4-2/h3,12-17H,1,4-11,18-21H2,2H3. The summed E-state index contributed by atoms with van der Waals surface area (Å²) < 4.78 is 17.1. The average Bonchev–Trinajstić information content (AvgIpc) is 2.78. The Morgan fingerprint density at radius 1 is 0.833 bits per heavy atom. The number of benzene rings is 1. The normalized spacial score (nSPS) is 10.7. The van der Waals surface area contributed by atoms with E-state index in [0.29, 0.717) is 24.9 Å². The minimum absolute atomic E-state index is 0.622. The van der Waals surface area contributed by atoms with Crippen LogP contribution in [0.3, 0.4) is 0 Å². The van der Waals surface area contributed by atoms with Gasteiger partial charge in [-0.3, -0.25) is 0 Å². The Balaban J connectivity index is 1.71. The summed E-state index contributed by atoms with van der Waals surface area (Å²) in [5.74, 6) is 2.15. The van der Waals surface area contributed by atoms with Gasteiger partial charge in [-0.2, -0.15) is 4.98 Å². The zero-order valence-electron chi connectivity index (χ0n) is 18.4. The highest BCUT2D eigenvalue weighted by Crippen LogP contribution is 2.21. The zero-order chi connectivity index (χ0) is 21.3. The van der Waals surface area contributed by atoms with Crippen molar-refractivity contribution in [2.75, 3.05) is 26.4 Å². The van der Waals surface area contributed by atoms with Gasteiger partial charge in [-0.25, -0.2) is 4.98 Å². The predicted molar refractivity (Wildman–Crippen MR) is 122 cm³/mol. The molecule has 0 atom stereocenters. The molecule has 1 aromatic carbocycles. The molecule has 0 saturated heterocycles. The molecule has 0 spiro atoms. The summed E-state index contributed by atoms with van der Waals surface area (Å²) in [6.07, 6.45) is 12.5. The second-order valence-electron chi connectivity index (χ2n) is 7.25. The lowest BCUT2D eigenvalue weighted by Crippen LogP contribution is -2.02. The predicted octanol–water partition coefficient (Wildman–Crippen LogP) is 6.24. The van der Waals surface area contributed by atoms with Gasteiger partial charge in [-0.05, 0) is 62.8 Å². The SMILES string of the molecule is C=CCCCCCCOc1ccnc(-c2ccc(OCCCCOCCC)cc2)n1. The molecule has 2 rings (SSSR count). The van der Waals surface area contributed by atoms with Crippen molar-refractivity contribution in [2.24, 2.45) is 0 Å². The van der Waals surface area contributed by atoms with Crippen LogP contribution in [0.1, 0.15) is 58.3 Å². The van der Waals surface area contributed by atoms with Gasteiger partial charge in [0.25, 0.3) is 0 Å². The van der Waals surface area contributed by atoms with Crippen LogP contribution in [-0.2, 0) is 4.74 Å². The number of unbranched alkanes of at least 4 members (excludes halogenated alkanes) is 5. The van der Waals surface area contributed by atoms with E-state index in [1.54, 1.807) is 6.20 Å². The van der Waals surface area contributed by atoms with E-state index in [1.807, 2.05) is 36.4 Å². The largest absolute Gasteiger partial charge is 0.494 e. The Kier molecular flexibility index (Phi) is 12.3. The quantitative estimate of drug-likeness (QED) is 0.227. The van der Waals surface area contributed by atoms with Gasteiger partial charge in [0.1, 0.15) is 5.75 Å². The molecule has 0 radical (unpaired) electrons. The molecule has 30 heavy (non-hydrogen) atoms. The van der Waals surface area contributed by atoms with Crippen molar-refractivity contribution in [1.82, 2.24) is 9.97 Å². The third kappa shape index (κ3) is 9.88. The van der Waals surface area contributed by atoms with Crippen LogP contribution in [0, 0.1) is 0 Å². The van der Waals surface area contributed by atoms with Gasteiger partial charge in [0.05, 0.1) is 13.2 Å². The van der Waals surface area contributed by atoms with E-state index in [-0.39, 0.29) is 0 Å². The molecule has 0 bridgehead atoms. The molecule has 0 aliphatic carbocycles. The monoisotopic (exact) mass is 412 g/mol. The number of hydrogen-bond acceptors (Lipinski definition) is 5. The van der Waals surface area contributed by atoms with Gasteiger partial charge >= 0.3 is 0 Å². The molecule has 5 heteroatoms. The topological polar surface area (TPSA) is 53.5 Å². The summed E-state index contributed by atoms with van der Waals surface area (Å²) in [6, 6.07) is 9.70. The van der Waals surface area contributed by atoms with Crippen molar-refractivity contribution in [2.45, 2.75) is 58.3 Å². The first kappa shape index (κ1) is 23.9. The summed E-state index contributed by atoms with van der Waals surface area (Å²) in [5, 5.41) is 0. The van der Waals surface area contributed by atoms with Gasteiger partial charge in [0.15, 0.2) is 5.82 Å². The summed E-state index contributed by atoms with van der Waals surface area (Å²) >= 11 is 0. The van der Waals surface area contributed by atoms with E-state index in [1.165, 1.54) is 19.3 Å². The first-order chi connectivity index (χ1) is 14.8. The maximum absolute atomic E-state index is 5.80. The number of ether oxygens (including phenoxy) is 3. The van der Waals surface area contributed by atoms with Crippen molar-refractivity contribution < 1.29 is 14.2 Å². The minimum Gasteiger partial charge on any atom is -0.494 e. The Labute approximate surface area is 181 Å². The molecule has 1 aromatic heterocycles. The molecular weight excluding hydrogens is 376 g/mol. The highest BCUT2D eigenvalue weighted by Gasteiger charge is 2.04. The van der Waals surface area contributed by atoms with Crippen molar-refractivity contribution in [1.29, 1.82) is 0 Å². The van der Waals surface area contributed by atoms with Crippen LogP contribution in [0.2, 0.25) is 0 Å². The van der Waals surface area contributed by atoms with E-state index in [0.717, 1.165) is 56.6 Å². The molecule has 0 aliphatic rings. The van der Waals surface area contributed by atoms with E-state index >= 15 is 0 Å². The van der Waals surface area contributed by atoms with Crippen molar-refractivity contribution >= 4 is 0 Å². The molecule has 0 amide bonds. The van der Waals surface area contributed by atoms with Gasteiger partial charge in [0.2, 0.25) is 5.88 Å².